The molecule has 1 aliphatic rings. The van der Waals surface area contributed by atoms with Gasteiger partial charge in [0.15, 0.2) is 9.84 Å². The first-order chi connectivity index (χ1) is 7.39. The van der Waals surface area contributed by atoms with Crippen LogP contribution in [0.3, 0.4) is 0 Å². The van der Waals surface area contributed by atoms with E-state index in [0.717, 1.165) is 6.42 Å². The van der Waals surface area contributed by atoms with Crippen molar-refractivity contribution >= 4 is 37.1 Å². The largest absolute Gasteiger partial charge is 0.229 e. The van der Waals surface area contributed by atoms with Gasteiger partial charge in [0.2, 0.25) is 0 Å². The third-order valence-electron chi connectivity index (χ3n) is 3.01. The molecule has 16 heavy (non-hydrogen) atoms. The molecule has 2 atom stereocenters. The summed E-state index contributed by atoms with van der Waals surface area (Å²) < 4.78 is 22.9. The van der Waals surface area contributed by atoms with Gasteiger partial charge in [-0.15, -0.1) is 11.3 Å². The zero-order valence-corrected chi connectivity index (χ0v) is 12.6. The summed E-state index contributed by atoms with van der Waals surface area (Å²) in [5, 5.41) is 0. The van der Waals surface area contributed by atoms with Gasteiger partial charge in [-0.25, -0.2) is 8.42 Å². The maximum Gasteiger partial charge on any atom is 0.150 e. The van der Waals surface area contributed by atoms with E-state index in [9.17, 15) is 8.42 Å². The van der Waals surface area contributed by atoms with Crippen LogP contribution < -0.4 is 0 Å². The van der Waals surface area contributed by atoms with Gasteiger partial charge in [-0.1, -0.05) is 15.9 Å². The molecule has 2 nitrogen and oxygen atoms in total. The molecule has 1 fully saturated rings. The van der Waals surface area contributed by atoms with Crippen LogP contribution in [0.2, 0.25) is 0 Å². The van der Waals surface area contributed by atoms with Gasteiger partial charge in [0, 0.05) is 9.75 Å². The van der Waals surface area contributed by atoms with E-state index >= 15 is 0 Å². The molecule has 0 saturated carbocycles. The van der Waals surface area contributed by atoms with Gasteiger partial charge in [0.25, 0.3) is 0 Å². The number of hydrogen-bond acceptors (Lipinski definition) is 3. The fourth-order valence-electron chi connectivity index (χ4n) is 2.20. The zero-order valence-electron chi connectivity index (χ0n) is 9.36. The van der Waals surface area contributed by atoms with Crippen molar-refractivity contribution in [2.45, 2.75) is 25.1 Å². The Hall–Kier alpha value is 0.130. The molecule has 0 amide bonds. The van der Waals surface area contributed by atoms with Crippen molar-refractivity contribution in [2.24, 2.45) is 5.92 Å². The number of sulfone groups is 1. The van der Waals surface area contributed by atoms with E-state index in [4.69, 9.17) is 0 Å². The first kappa shape index (κ1) is 12.6. The number of aryl methyl sites for hydroxylation is 2. The van der Waals surface area contributed by atoms with E-state index in [0.29, 0.717) is 11.5 Å². The first-order valence-electron chi connectivity index (χ1n) is 5.30. The molecule has 0 N–H and O–H groups in total. The molecule has 1 saturated heterocycles. The first-order valence-corrected chi connectivity index (χ1v) is 8.86. The Morgan fingerprint density at radius 1 is 1.50 bits per heavy atom. The van der Waals surface area contributed by atoms with Crippen molar-refractivity contribution in [3.05, 3.63) is 21.4 Å². The van der Waals surface area contributed by atoms with Gasteiger partial charge in [-0.2, -0.15) is 0 Å². The van der Waals surface area contributed by atoms with E-state index in [1.54, 1.807) is 11.3 Å². The predicted molar refractivity (Wildman–Crippen MR) is 72.2 cm³/mol. The van der Waals surface area contributed by atoms with Gasteiger partial charge < -0.3 is 0 Å². The van der Waals surface area contributed by atoms with Crippen molar-refractivity contribution in [3.63, 3.8) is 0 Å². The Morgan fingerprint density at radius 2 is 2.19 bits per heavy atom. The van der Waals surface area contributed by atoms with Crippen molar-refractivity contribution < 1.29 is 8.42 Å². The molecular formula is C11H15BrO2S2. The Balaban J connectivity index is 2.20. The van der Waals surface area contributed by atoms with Crippen LogP contribution in [0.5, 0.6) is 0 Å². The number of halogens is 1. The molecule has 90 valence electrons. The second-order valence-corrected chi connectivity index (χ2v) is 8.97. The highest BCUT2D eigenvalue weighted by molar-refractivity contribution is 9.09. The summed E-state index contributed by atoms with van der Waals surface area (Å²) in [4.78, 5) is 2.78. The quantitative estimate of drug-likeness (QED) is 0.783. The van der Waals surface area contributed by atoms with Gasteiger partial charge >= 0.3 is 0 Å². The van der Waals surface area contributed by atoms with Crippen molar-refractivity contribution in [1.29, 1.82) is 0 Å². The topological polar surface area (TPSA) is 34.1 Å². The summed E-state index contributed by atoms with van der Waals surface area (Å²) in [7, 11) is -2.78. The monoisotopic (exact) mass is 322 g/mol. The molecule has 0 spiro atoms. The number of thiophene rings is 1. The van der Waals surface area contributed by atoms with E-state index in [1.807, 2.05) is 0 Å². The maximum absolute atomic E-state index is 11.4. The second kappa shape index (κ2) is 4.42. The lowest BCUT2D eigenvalue weighted by molar-refractivity contribution is 0.582. The standard InChI is InChI=1S/C11H15BrO2S2/c1-7-5-8(2)15-11(7)10(12)9-3-4-16(13,14)6-9/h5,9-10H,3-4,6H2,1-2H3. The molecule has 5 heteroatoms. The van der Waals surface area contributed by atoms with Gasteiger partial charge in [0.05, 0.1) is 16.3 Å². The Bertz CT molecular complexity index is 490. The number of alkyl halides is 1. The molecule has 0 bridgehead atoms. The highest BCUT2D eigenvalue weighted by Gasteiger charge is 2.34. The Labute approximate surface area is 109 Å². The molecule has 2 unspecified atom stereocenters. The summed E-state index contributed by atoms with van der Waals surface area (Å²) in [6.45, 7) is 4.18. The SMILES string of the molecule is Cc1cc(C)c(C(Br)C2CCS(=O)(=O)C2)s1. The summed E-state index contributed by atoms with van der Waals surface area (Å²) in [5.41, 5.74) is 1.27. The third kappa shape index (κ3) is 2.51. The summed E-state index contributed by atoms with van der Waals surface area (Å²) >= 11 is 5.44. The summed E-state index contributed by atoms with van der Waals surface area (Å²) in [6, 6.07) is 2.16. The molecular weight excluding hydrogens is 308 g/mol. The van der Waals surface area contributed by atoms with Gasteiger partial charge in [-0.3, -0.25) is 0 Å². The summed E-state index contributed by atoms with van der Waals surface area (Å²) in [6.07, 6.45) is 0.786. The van der Waals surface area contributed by atoms with E-state index in [2.05, 4.69) is 35.8 Å². The van der Waals surface area contributed by atoms with Crippen LogP contribution in [0.15, 0.2) is 6.07 Å². The molecule has 2 heterocycles. The van der Waals surface area contributed by atoms with E-state index in [-0.39, 0.29) is 10.7 Å². The molecule has 0 aromatic carbocycles. The lowest BCUT2D eigenvalue weighted by Crippen LogP contribution is -2.09. The smallest absolute Gasteiger partial charge is 0.150 e. The molecule has 0 radical (unpaired) electrons. The minimum atomic E-state index is -2.78. The normalized spacial score (nSPS) is 25.8. The van der Waals surface area contributed by atoms with Crippen LogP contribution >= 0.6 is 27.3 Å². The van der Waals surface area contributed by atoms with E-state index in [1.165, 1.54) is 15.3 Å². The maximum atomic E-state index is 11.4. The van der Waals surface area contributed by atoms with Crippen LogP contribution in [0, 0.1) is 19.8 Å². The van der Waals surface area contributed by atoms with Gasteiger partial charge in [0.1, 0.15) is 0 Å². The number of rotatable bonds is 2. The fraction of sp³-hybridized carbons (Fsp3) is 0.636. The van der Waals surface area contributed by atoms with Crippen LogP contribution in [0.4, 0.5) is 0 Å². The molecule has 1 aromatic heterocycles. The lowest BCUT2D eigenvalue weighted by Gasteiger charge is -2.15. The minimum absolute atomic E-state index is 0.198. The van der Waals surface area contributed by atoms with Crippen molar-refractivity contribution in [2.75, 3.05) is 11.5 Å². The summed E-state index contributed by atoms with van der Waals surface area (Å²) in [5.74, 6) is 0.921. The minimum Gasteiger partial charge on any atom is -0.229 e. The molecule has 1 aromatic rings. The average molecular weight is 323 g/mol. The lowest BCUT2D eigenvalue weighted by atomic mass is 10.0. The average Bonchev–Trinajstić information content (AvgIpc) is 2.68. The zero-order chi connectivity index (χ0) is 11.9. The predicted octanol–water partition coefficient (Wildman–Crippen LogP) is 3.24. The van der Waals surface area contributed by atoms with Crippen LogP contribution in [-0.2, 0) is 9.84 Å². The van der Waals surface area contributed by atoms with Crippen LogP contribution in [-0.4, -0.2) is 19.9 Å². The fourth-order valence-corrected chi connectivity index (χ4v) is 6.49. The third-order valence-corrected chi connectivity index (χ3v) is 7.55. The molecule has 0 aliphatic carbocycles. The van der Waals surface area contributed by atoms with Crippen LogP contribution in [0.1, 0.15) is 26.6 Å². The Kier molecular flexibility index (Phi) is 3.48. The highest BCUT2D eigenvalue weighted by Crippen LogP contribution is 2.42. The van der Waals surface area contributed by atoms with Crippen molar-refractivity contribution in [1.82, 2.24) is 0 Å². The van der Waals surface area contributed by atoms with Crippen LogP contribution in [0.25, 0.3) is 0 Å². The van der Waals surface area contributed by atoms with Gasteiger partial charge in [-0.05, 0) is 37.8 Å². The van der Waals surface area contributed by atoms with Crippen molar-refractivity contribution in [3.8, 4) is 0 Å². The van der Waals surface area contributed by atoms with E-state index < -0.39 is 9.84 Å². The second-order valence-electron chi connectivity index (χ2n) is 4.47. The highest BCUT2D eigenvalue weighted by atomic mass is 79.9. The molecule has 1 aliphatic heterocycles. The number of hydrogen-bond donors (Lipinski definition) is 0. The Morgan fingerprint density at radius 3 is 2.62 bits per heavy atom. The molecule has 2 rings (SSSR count).